The van der Waals surface area contributed by atoms with Gasteiger partial charge >= 0.3 is 0 Å². The molecule has 0 spiro atoms. The highest BCUT2D eigenvalue weighted by Gasteiger charge is 2.10. The van der Waals surface area contributed by atoms with Crippen LogP contribution in [0, 0.1) is 13.8 Å². The van der Waals surface area contributed by atoms with Gasteiger partial charge in [0.1, 0.15) is 0 Å². The summed E-state index contributed by atoms with van der Waals surface area (Å²) >= 11 is 0. The highest BCUT2D eigenvalue weighted by atomic mass is 16.5. The molecule has 3 aromatic carbocycles. The number of aryl methyl sites for hydroxylation is 2. The van der Waals surface area contributed by atoms with Gasteiger partial charge in [0.2, 0.25) is 0 Å². The second kappa shape index (κ2) is 10.3. The predicted octanol–water partition coefficient (Wildman–Crippen LogP) is 5.33. The Hall–Kier alpha value is -3.47. The molecule has 0 aliphatic heterocycles. The summed E-state index contributed by atoms with van der Waals surface area (Å²) in [6, 6.07) is 21.6. The average molecular weight is 405 g/mol. The zero-order valence-corrected chi connectivity index (χ0v) is 17.7. The number of amides is 1. The Morgan fingerprint density at radius 2 is 1.73 bits per heavy atom. The van der Waals surface area contributed by atoms with Crippen LogP contribution in [-0.4, -0.2) is 19.1 Å². The number of nitrogens with one attached hydrogen (secondary N) is 2. The van der Waals surface area contributed by atoms with E-state index in [1.165, 1.54) is 5.56 Å². The Morgan fingerprint density at radius 3 is 2.50 bits per heavy atom. The molecule has 0 unspecified atom stereocenters. The van der Waals surface area contributed by atoms with Gasteiger partial charge in [0.05, 0.1) is 6.61 Å². The molecule has 3 aromatic rings. The van der Waals surface area contributed by atoms with Crippen molar-refractivity contribution in [2.24, 2.45) is 0 Å². The van der Waals surface area contributed by atoms with E-state index in [0.29, 0.717) is 24.7 Å². The van der Waals surface area contributed by atoms with Crippen LogP contribution in [0.25, 0.3) is 0 Å². The second-order valence-electron chi connectivity index (χ2n) is 7.09. The van der Waals surface area contributed by atoms with Crippen LogP contribution in [0.3, 0.4) is 0 Å². The molecule has 5 nitrogen and oxygen atoms in total. The van der Waals surface area contributed by atoms with Crippen LogP contribution in [0.5, 0.6) is 11.5 Å². The number of carbonyl (C=O) groups excluding carboxylic acids is 1. The number of rotatable bonds is 9. The van der Waals surface area contributed by atoms with Crippen molar-refractivity contribution in [1.29, 1.82) is 0 Å². The van der Waals surface area contributed by atoms with Crippen molar-refractivity contribution in [3.63, 3.8) is 0 Å². The quantitative estimate of drug-likeness (QED) is 0.506. The molecule has 1 amide bonds. The van der Waals surface area contributed by atoms with Crippen molar-refractivity contribution in [2.75, 3.05) is 23.8 Å². The van der Waals surface area contributed by atoms with Crippen LogP contribution in [0.2, 0.25) is 0 Å². The van der Waals surface area contributed by atoms with Gasteiger partial charge in [-0.25, -0.2) is 0 Å². The van der Waals surface area contributed by atoms with Crippen LogP contribution in [0.4, 0.5) is 11.4 Å². The van der Waals surface area contributed by atoms with Gasteiger partial charge in [0, 0.05) is 17.9 Å². The van der Waals surface area contributed by atoms with Crippen molar-refractivity contribution in [2.45, 2.75) is 27.3 Å². The third kappa shape index (κ3) is 6.01. The van der Waals surface area contributed by atoms with Gasteiger partial charge in [-0.1, -0.05) is 36.4 Å². The van der Waals surface area contributed by atoms with Gasteiger partial charge in [0.15, 0.2) is 18.1 Å². The summed E-state index contributed by atoms with van der Waals surface area (Å²) in [4.78, 5) is 12.2. The van der Waals surface area contributed by atoms with Gasteiger partial charge in [-0.3, -0.25) is 4.79 Å². The molecule has 156 valence electrons. The fourth-order valence-corrected chi connectivity index (χ4v) is 3.08. The third-order valence-electron chi connectivity index (χ3n) is 4.60. The molecule has 0 aliphatic rings. The van der Waals surface area contributed by atoms with Gasteiger partial charge in [-0.05, 0) is 67.8 Å². The smallest absolute Gasteiger partial charge is 0.262 e. The molecule has 0 fully saturated rings. The first-order chi connectivity index (χ1) is 14.5. The molecule has 0 aromatic heterocycles. The predicted molar refractivity (Wildman–Crippen MR) is 121 cm³/mol. The number of ether oxygens (including phenoxy) is 2. The maximum absolute atomic E-state index is 12.2. The zero-order chi connectivity index (χ0) is 21.3. The Morgan fingerprint density at radius 1 is 0.900 bits per heavy atom. The first-order valence-electron chi connectivity index (χ1n) is 10.1. The van der Waals surface area contributed by atoms with Gasteiger partial charge < -0.3 is 20.1 Å². The largest absolute Gasteiger partial charge is 0.490 e. The van der Waals surface area contributed by atoms with E-state index in [1.807, 2.05) is 68.4 Å². The fraction of sp³-hybridized carbons (Fsp3) is 0.240. The Bertz CT molecular complexity index is 1000. The van der Waals surface area contributed by atoms with Gasteiger partial charge in [-0.2, -0.15) is 0 Å². The molecular formula is C25H28N2O3. The molecule has 2 N–H and O–H groups in total. The molecule has 0 radical (unpaired) electrons. The van der Waals surface area contributed by atoms with Crippen LogP contribution >= 0.6 is 0 Å². The van der Waals surface area contributed by atoms with E-state index in [-0.39, 0.29) is 12.5 Å². The van der Waals surface area contributed by atoms with E-state index in [0.717, 1.165) is 22.5 Å². The number of hydrogen-bond donors (Lipinski definition) is 2. The van der Waals surface area contributed by atoms with Crippen LogP contribution < -0.4 is 20.1 Å². The van der Waals surface area contributed by atoms with Crippen molar-refractivity contribution in [3.05, 3.63) is 83.4 Å². The van der Waals surface area contributed by atoms with Gasteiger partial charge in [-0.15, -0.1) is 0 Å². The Balaban J connectivity index is 1.61. The van der Waals surface area contributed by atoms with E-state index in [4.69, 9.17) is 9.47 Å². The van der Waals surface area contributed by atoms with Crippen LogP contribution in [0.15, 0.2) is 66.7 Å². The van der Waals surface area contributed by atoms with E-state index in [2.05, 4.69) is 29.7 Å². The minimum Gasteiger partial charge on any atom is -0.490 e. The lowest BCUT2D eigenvalue weighted by atomic mass is 10.1. The lowest BCUT2D eigenvalue weighted by molar-refractivity contribution is -0.118. The van der Waals surface area contributed by atoms with E-state index in [9.17, 15) is 4.79 Å². The molecule has 0 bridgehead atoms. The number of hydrogen-bond acceptors (Lipinski definition) is 4. The minimum atomic E-state index is -0.214. The maximum atomic E-state index is 12.2. The molecule has 30 heavy (non-hydrogen) atoms. The van der Waals surface area contributed by atoms with Crippen molar-refractivity contribution in [1.82, 2.24) is 0 Å². The molecular weight excluding hydrogens is 376 g/mol. The fourth-order valence-electron chi connectivity index (χ4n) is 3.08. The summed E-state index contributed by atoms with van der Waals surface area (Å²) in [6.07, 6.45) is 0. The molecule has 3 rings (SSSR count). The first kappa shape index (κ1) is 21.2. The Kier molecular flexibility index (Phi) is 7.33. The second-order valence-corrected chi connectivity index (χ2v) is 7.09. The number of benzene rings is 3. The zero-order valence-electron chi connectivity index (χ0n) is 17.7. The molecule has 0 saturated heterocycles. The first-order valence-corrected chi connectivity index (χ1v) is 10.1. The summed E-state index contributed by atoms with van der Waals surface area (Å²) in [5, 5.41) is 6.28. The van der Waals surface area contributed by atoms with E-state index in [1.54, 1.807) is 0 Å². The Labute approximate surface area is 178 Å². The van der Waals surface area contributed by atoms with Gasteiger partial charge in [0.25, 0.3) is 5.91 Å². The number of anilines is 2. The van der Waals surface area contributed by atoms with Crippen molar-refractivity contribution in [3.8, 4) is 11.5 Å². The topological polar surface area (TPSA) is 59.6 Å². The number of para-hydroxylation sites is 1. The van der Waals surface area contributed by atoms with Crippen molar-refractivity contribution >= 4 is 17.3 Å². The normalized spacial score (nSPS) is 10.4. The maximum Gasteiger partial charge on any atom is 0.262 e. The average Bonchev–Trinajstić information content (AvgIpc) is 2.73. The molecule has 5 heteroatoms. The highest BCUT2D eigenvalue weighted by molar-refractivity contribution is 5.92. The van der Waals surface area contributed by atoms with E-state index < -0.39 is 0 Å². The lowest BCUT2D eigenvalue weighted by Gasteiger charge is -2.15. The molecule has 0 atom stereocenters. The summed E-state index contributed by atoms with van der Waals surface area (Å²) in [6.45, 7) is 7.07. The molecule has 0 heterocycles. The third-order valence-corrected chi connectivity index (χ3v) is 4.60. The summed E-state index contributed by atoms with van der Waals surface area (Å²) in [5.41, 5.74) is 5.21. The summed E-state index contributed by atoms with van der Waals surface area (Å²) < 4.78 is 11.5. The number of carbonyl (C=O) groups is 1. The monoisotopic (exact) mass is 404 g/mol. The van der Waals surface area contributed by atoms with Crippen molar-refractivity contribution < 1.29 is 14.3 Å². The lowest BCUT2D eigenvalue weighted by Crippen LogP contribution is -2.20. The standard InChI is InChI=1S/C25H28N2O3/c1-4-29-24-15-20(16-26-22-11-6-5-9-19(22)3)12-13-23(24)30-17-25(28)27-21-10-7-8-18(2)14-21/h5-15,26H,4,16-17H2,1-3H3,(H,27,28). The van der Waals surface area contributed by atoms with Crippen LogP contribution in [-0.2, 0) is 11.3 Å². The van der Waals surface area contributed by atoms with E-state index >= 15 is 0 Å². The molecule has 0 aliphatic carbocycles. The van der Waals surface area contributed by atoms with Crippen LogP contribution in [0.1, 0.15) is 23.6 Å². The summed E-state index contributed by atoms with van der Waals surface area (Å²) in [5.74, 6) is 0.967. The minimum absolute atomic E-state index is 0.0885. The highest BCUT2D eigenvalue weighted by Crippen LogP contribution is 2.29. The SMILES string of the molecule is CCOc1cc(CNc2ccccc2C)ccc1OCC(=O)Nc1cccc(C)c1. The molecule has 0 saturated carbocycles. The summed E-state index contributed by atoms with van der Waals surface area (Å²) in [7, 11) is 0.